The van der Waals surface area contributed by atoms with E-state index in [1.54, 1.807) is 54.5 Å². The molecule has 1 saturated heterocycles. The molecule has 170 valence electrons. The number of ether oxygens (including phenoxy) is 2. The second-order valence-corrected chi connectivity index (χ2v) is 7.68. The lowest BCUT2D eigenvalue weighted by molar-refractivity contribution is -0.128. The molecule has 32 heavy (non-hydrogen) atoms. The fourth-order valence-electron chi connectivity index (χ4n) is 3.56. The number of carbonyl (C=O) groups is 3. The molecule has 1 heterocycles. The number of hydrogen-bond acceptors (Lipinski definition) is 5. The van der Waals surface area contributed by atoms with Crippen LogP contribution in [0.2, 0.25) is 0 Å². The van der Waals surface area contributed by atoms with Crippen molar-refractivity contribution < 1.29 is 23.9 Å². The first kappa shape index (κ1) is 23.1. The van der Waals surface area contributed by atoms with E-state index in [0.29, 0.717) is 41.5 Å². The van der Waals surface area contributed by atoms with Crippen LogP contribution >= 0.6 is 0 Å². The number of unbranched alkanes of at least 4 members (excludes halogenated alkanes) is 1. The van der Waals surface area contributed by atoms with Crippen LogP contribution in [0.3, 0.4) is 0 Å². The summed E-state index contributed by atoms with van der Waals surface area (Å²) in [4.78, 5) is 39.0. The zero-order valence-corrected chi connectivity index (χ0v) is 18.6. The molecule has 1 fully saturated rings. The number of benzene rings is 2. The van der Waals surface area contributed by atoms with Crippen molar-refractivity contribution in [1.29, 1.82) is 0 Å². The molecule has 3 rings (SSSR count). The third-order valence-electron chi connectivity index (χ3n) is 5.44. The van der Waals surface area contributed by atoms with Crippen molar-refractivity contribution in [2.75, 3.05) is 37.9 Å². The van der Waals surface area contributed by atoms with Crippen molar-refractivity contribution >= 4 is 29.1 Å². The van der Waals surface area contributed by atoms with Crippen LogP contribution in [0.4, 0.5) is 11.4 Å². The molecule has 0 aromatic heterocycles. The normalized spacial score (nSPS) is 15.4. The minimum Gasteiger partial charge on any atom is -0.497 e. The Morgan fingerprint density at radius 1 is 1.06 bits per heavy atom. The van der Waals surface area contributed by atoms with E-state index in [2.05, 4.69) is 17.6 Å². The van der Waals surface area contributed by atoms with E-state index in [1.165, 1.54) is 7.11 Å². The summed E-state index contributed by atoms with van der Waals surface area (Å²) < 4.78 is 10.5. The van der Waals surface area contributed by atoms with Gasteiger partial charge in [0.15, 0.2) is 0 Å². The molecule has 0 unspecified atom stereocenters. The lowest BCUT2D eigenvalue weighted by atomic mass is 10.1. The van der Waals surface area contributed by atoms with Gasteiger partial charge in [-0.05, 0) is 42.8 Å². The molecule has 8 nitrogen and oxygen atoms in total. The fourth-order valence-corrected chi connectivity index (χ4v) is 3.56. The molecular weight excluding hydrogens is 410 g/mol. The zero-order valence-electron chi connectivity index (χ0n) is 18.6. The van der Waals surface area contributed by atoms with E-state index < -0.39 is 0 Å². The van der Waals surface area contributed by atoms with E-state index in [1.807, 2.05) is 0 Å². The SMILES string of the molecule is CCCCN1C[C@@H](C(=O)Nc2ccc(C(=O)Nc3ccc(OC)cc3OC)cc2)CC1=O. The first-order valence-electron chi connectivity index (χ1n) is 10.7. The van der Waals surface area contributed by atoms with Crippen molar-refractivity contribution in [3.8, 4) is 11.5 Å². The second kappa shape index (κ2) is 10.7. The molecule has 0 radical (unpaired) electrons. The van der Waals surface area contributed by atoms with Crippen molar-refractivity contribution in [1.82, 2.24) is 4.90 Å². The van der Waals surface area contributed by atoms with Gasteiger partial charge in [-0.25, -0.2) is 0 Å². The highest BCUT2D eigenvalue weighted by Gasteiger charge is 2.33. The maximum Gasteiger partial charge on any atom is 0.255 e. The van der Waals surface area contributed by atoms with Gasteiger partial charge in [-0.2, -0.15) is 0 Å². The molecule has 0 aliphatic carbocycles. The lowest BCUT2D eigenvalue weighted by Crippen LogP contribution is -2.29. The number of hydrogen-bond donors (Lipinski definition) is 2. The van der Waals surface area contributed by atoms with E-state index in [4.69, 9.17) is 9.47 Å². The Bertz CT molecular complexity index is 974. The average Bonchev–Trinajstić information content (AvgIpc) is 3.18. The minimum atomic E-state index is -0.357. The van der Waals surface area contributed by atoms with Gasteiger partial charge in [-0.3, -0.25) is 14.4 Å². The van der Waals surface area contributed by atoms with Crippen LogP contribution in [0, 0.1) is 5.92 Å². The summed E-state index contributed by atoms with van der Waals surface area (Å²) in [6.45, 7) is 3.22. The predicted molar refractivity (Wildman–Crippen MR) is 122 cm³/mol. The number of carbonyl (C=O) groups excluding carboxylic acids is 3. The third kappa shape index (κ3) is 5.57. The summed E-state index contributed by atoms with van der Waals surface area (Å²) in [7, 11) is 3.07. The lowest BCUT2D eigenvalue weighted by Gasteiger charge is -2.16. The summed E-state index contributed by atoms with van der Waals surface area (Å²) >= 11 is 0. The van der Waals surface area contributed by atoms with E-state index in [9.17, 15) is 14.4 Å². The molecule has 1 aliphatic heterocycles. The van der Waals surface area contributed by atoms with Gasteiger partial charge in [0.05, 0.1) is 25.8 Å². The second-order valence-electron chi connectivity index (χ2n) is 7.68. The van der Waals surface area contributed by atoms with Crippen molar-refractivity contribution in [3.63, 3.8) is 0 Å². The quantitative estimate of drug-likeness (QED) is 0.623. The maximum absolute atomic E-state index is 12.6. The van der Waals surface area contributed by atoms with Crippen LogP contribution in [-0.2, 0) is 9.59 Å². The molecule has 3 amide bonds. The zero-order chi connectivity index (χ0) is 23.1. The van der Waals surface area contributed by atoms with Crippen LogP contribution in [0.25, 0.3) is 0 Å². The first-order valence-corrected chi connectivity index (χ1v) is 10.7. The summed E-state index contributed by atoms with van der Waals surface area (Å²) in [5, 5.41) is 5.66. The van der Waals surface area contributed by atoms with Crippen LogP contribution in [0.15, 0.2) is 42.5 Å². The summed E-state index contributed by atoms with van der Waals surface area (Å²) in [6.07, 6.45) is 2.18. The van der Waals surface area contributed by atoms with Gasteiger partial charge in [-0.1, -0.05) is 13.3 Å². The number of likely N-dealkylation sites (tertiary alicyclic amines) is 1. The summed E-state index contributed by atoms with van der Waals surface area (Å²) in [5.41, 5.74) is 1.53. The highest BCUT2D eigenvalue weighted by Crippen LogP contribution is 2.29. The molecule has 2 aromatic rings. The van der Waals surface area contributed by atoms with Crippen LogP contribution in [0.1, 0.15) is 36.5 Å². The Balaban J connectivity index is 1.58. The maximum atomic E-state index is 12.6. The molecule has 0 bridgehead atoms. The van der Waals surface area contributed by atoms with Crippen molar-refractivity contribution in [3.05, 3.63) is 48.0 Å². The Kier molecular flexibility index (Phi) is 7.70. The smallest absolute Gasteiger partial charge is 0.255 e. The molecule has 1 aliphatic rings. The van der Waals surface area contributed by atoms with Crippen molar-refractivity contribution in [2.45, 2.75) is 26.2 Å². The van der Waals surface area contributed by atoms with Gasteiger partial charge in [0.25, 0.3) is 5.91 Å². The number of methoxy groups -OCH3 is 2. The fraction of sp³-hybridized carbons (Fsp3) is 0.375. The standard InChI is InChI=1S/C24H29N3O5/c1-4-5-12-27-15-17(13-22(27)28)24(30)25-18-8-6-16(7-9-18)23(29)26-20-11-10-19(31-2)14-21(20)32-3/h6-11,14,17H,4-5,12-13,15H2,1-3H3,(H,25,30)(H,26,29)/t17-/m0/s1. The van der Waals surface area contributed by atoms with Gasteiger partial charge in [-0.15, -0.1) is 0 Å². The molecular formula is C24H29N3O5. The minimum absolute atomic E-state index is 0.0274. The monoisotopic (exact) mass is 439 g/mol. The largest absolute Gasteiger partial charge is 0.497 e. The summed E-state index contributed by atoms with van der Waals surface area (Å²) in [5.74, 6) is 0.291. The molecule has 8 heteroatoms. The van der Waals surface area contributed by atoms with Gasteiger partial charge in [0.2, 0.25) is 11.8 Å². The van der Waals surface area contributed by atoms with Gasteiger partial charge < -0.3 is 25.0 Å². The van der Waals surface area contributed by atoms with Crippen molar-refractivity contribution in [2.24, 2.45) is 5.92 Å². The van der Waals surface area contributed by atoms with Gasteiger partial charge in [0.1, 0.15) is 11.5 Å². The molecule has 0 spiro atoms. The summed E-state index contributed by atoms with van der Waals surface area (Å²) in [6, 6.07) is 11.7. The number of anilines is 2. The van der Waals surface area contributed by atoms with Gasteiger partial charge >= 0.3 is 0 Å². The first-order chi connectivity index (χ1) is 15.4. The molecule has 0 saturated carbocycles. The number of rotatable bonds is 9. The Morgan fingerprint density at radius 2 is 1.81 bits per heavy atom. The number of amides is 3. The third-order valence-corrected chi connectivity index (χ3v) is 5.44. The highest BCUT2D eigenvalue weighted by atomic mass is 16.5. The molecule has 2 aromatic carbocycles. The predicted octanol–water partition coefficient (Wildman–Crippen LogP) is 3.54. The Morgan fingerprint density at radius 3 is 2.47 bits per heavy atom. The van der Waals surface area contributed by atoms with Crippen LogP contribution in [-0.4, -0.2) is 49.9 Å². The van der Waals surface area contributed by atoms with E-state index >= 15 is 0 Å². The molecule has 1 atom stereocenters. The molecule has 2 N–H and O–H groups in total. The van der Waals surface area contributed by atoms with E-state index in [-0.39, 0.29) is 30.1 Å². The van der Waals surface area contributed by atoms with Crippen LogP contribution in [0.5, 0.6) is 11.5 Å². The average molecular weight is 440 g/mol. The van der Waals surface area contributed by atoms with E-state index in [0.717, 1.165) is 12.8 Å². The Labute approximate surface area is 187 Å². The number of nitrogens with one attached hydrogen (secondary N) is 2. The topological polar surface area (TPSA) is 97.0 Å². The number of nitrogens with zero attached hydrogens (tertiary/aromatic N) is 1. The van der Waals surface area contributed by atoms with Gasteiger partial charge in [0, 0.05) is 36.8 Å². The van der Waals surface area contributed by atoms with Crippen LogP contribution < -0.4 is 20.1 Å². The highest BCUT2D eigenvalue weighted by molar-refractivity contribution is 6.05. The Hall–Kier alpha value is -3.55.